The fourth-order valence-electron chi connectivity index (χ4n) is 2.86. The third-order valence-corrected chi connectivity index (χ3v) is 4.40. The van der Waals surface area contributed by atoms with Gasteiger partial charge in [-0.3, -0.25) is 0 Å². The molecule has 1 N–H and O–H groups in total. The molecule has 1 aliphatic carbocycles. The summed E-state index contributed by atoms with van der Waals surface area (Å²) in [5.41, 5.74) is 3.03. The lowest BCUT2D eigenvalue weighted by Gasteiger charge is -2.26. The average Bonchev–Trinajstić information content (AvgIpc) is 2.38. The predicted molar refractivity (Wildman–Crippen MR) is 83.6 cm³/mol. The van der Waals surface area contributed by atoms with Crippen molar-refractivity contribution in [2.75, 3.05) is 6.54 Å². The molecule has 0 aromatic heterocycles. The molecule has 1 saturated carbocycles. The molecule has 1 fully saturated rings. The number of unbranched alkanes of at least 4 members (excludes halogenated alkanes) is 1. The Morgan fingerprint density at radius 1 is 1.11 bits per heavy atom. The molecule has 19 heavy (non-hydrogen) atoms. The fraction of sp³-hybridized carbons (Fsp3) is 0.667. The molecule has 0 bridgehead atoms. The average molecular weight is 259 g/mol. The zero-order chi connectivity index (χ0) is 13.5. The van der Waals surface area contributed by atoms with Crippen LogP contribution >= 0.6 is 0 Å². The first-order valence-electron chi connectivity index (χ1n) is 8.18. The van der Waals surface area contributed by atoms with Crippen LogP contribution in [-0.2, 0) is 0 Å². The second kappa shape index (κ2) is 7.69. The lowest BCUT2D eigenvalue weighted by atomic mass is 9.80. The fourth-order valence-corrected chi connectivity index (χ4v) is 2.86. The van der Waals surface area contributed by atoms with Gasteiger partial charge in [-0.2, -0.15) is 0 Å². The first-order valence-corrected chi connectivity index (χ1v) is 8.18. The number of rotatable bonds is 8. The van der Waals surface area contributed by atoms with Gasteiger partial charge in [-0.1, -0.05) is 57.4 Å². The second-order valence-electron chi connectivity index (χ2n) is 5.94. The third-order valence-electron chi connectivity index (χ3n) is 4.40. The van der Waals surface area contributed by atoms with E-state index in [1.165, 1.54) is 50.5 Å². The molecule has 106 valence electrons. The Morgan fingerprint density at radius 2 is 1.84 bits per heavy atom. The van der Waals surface area contributed by atoms with Gasteiger partial charge in [0.25, 0.3) is 0 Å². The molecule has 0 spiro atoms. The van der Waals surface area contributed by atoms with Gasteiger partial charge in [0, 0.05) is 6.04 Å². The smallest absolute Gasteiger partial charge is 0.0320 e. The minimum absolute atomic E-state index is 0.551. The summed E-state index contributed by atoms with van der Waals surface area (Å²) in [5.74, 6) is 0.853. The molecule has 0 amide bonds. The maximum absolute atomic E-state index is 3.70. The van der Waals surface area contributed by atoms with Crippen molar-refractivity contribution in [3.8, 4) is 0 Å². The van der Waals surface area contributed by atoms with E-state index >= 15 is 0 Å². The normalized spacial score (nSPS) is 17.2. The zero-order valence-electron chi connectivity index (χ0n) is 12.6. The van der Waals surface area contributed by atoms with Crippen LogP contribution in [0.5, 0.6) is 0 Å². The highest BCUT2D eigenvalue weighted by molar-refractivity contribution is 5.28. The zero-order valence-corrected chi connectivity index (χ0v) is 12.6. The summed E-state index contributed by atoms with van der Waals surface area (Å²) in [6, 6.07) is 10.0. The molecule has 1 nitrogen and oxygen atoms in total. The van der Waals surface area contributed by atoms with Crippen molar-refractivity contribution in [2.24, 2.45) is 0 Å². The van der Waals surface area contributed by atoms with Crippen molar-refractivity contribution in [2.45, 2.75) is 70.8 Å². The van der Waals surface area contributed by atoms with Gasteiger partial charge in [0.15, 0.2) is 0 Å². The van der Waals surface area contributed by atoms with Gasteiger partial charge in [-0.15, -0.1) is 0 Å². The van der Waals surface area contributed by atoms with Gasteiger partial charge in [-0.25, -0.2) is 0 Å². The molecule has 1 aliphatic rings. The molecule has 1 atom stereocenters. The minimum atomic E-state index is 0.551. The summed E-state index contributed by atoms with van der Waals surface area (Å²) in [5, 5.41) is 3.70. The SMILES string of the molecule is CCCCC(NCCC)c1ccc(C2CCC2)cc1. The summed E-state index contributed by atoms with van der Waals surface area (Å²) in [6.07, 6.45) is 9.28. The monoisotopic (exact) mass is 259 g/mol. The van der Waals surface area contributed by atoms with Crippen LogP contribution in [0, 0.1) is 0 Å². The maximum Gasteiger partial charge on any atom is 0.0320 e. The summed E-state index contributed by atoms with van der Waals surface area (Å²) < 4.78 is 0. The molecular formula is C18H29N. The quantitative estimate of drug-likeness (QED) is 0.678. The van der Waals surface area contributed by atoms with Crippen LogP contribution in [0.2, 0.25) is 0 Å². The third kappa shape index (κ3) is 4.07. The Labute approximate surface area is 118 Å². The van der Waals surface area contributed by atoms with Crippen LogP contribution in [0.3, 0.4) is 0 Å². The van der Waals surface area contributed by atoms with Gasteiger partial charge < -0.3 is 5.32 Å². The van der Waals surface area contributed by atoms with Gasteiger partial charge in [0.1, 0.15) is 0 Å². The summed E-state index contributed by atoms with van der Waals surface area (Å²) in [6.45, 7) is 5.64. The van der Waals surface area contributed by atoms with Crippen LogP contribution in [0.1, 0.15) is 81.9 Å². The van der Waals surface area contributed by atoms with Crippen LogP contribution in [-0.4, -0.2) is 6.54 Å². The molecular weight excluding hydrogens is 230 g/mol. The number of nitrogens with one attached hydrogen (secondary N) is 1. The first-order chi connectivity index (χ1) is 9.35. The Hall–Kier alpha value is -0.820. The second-order valence-corrected chi connectivity index (χ2v) is 5.94. The Balaban J connectivity index is 1.98. The van der Waals surface area contributed by atoms with Crippen molar-refractivity contribution < 1.29 is 0 Å². The maximum atomic E-state index is 3.70. The summed E-state index contributed by atoms with van der Waals surface area (Å²) in [4.78, 5) is 0. The molecule has 0 aliphatic heterocycles. The molecule has 0 saturated heterocycles. The van der Waals surface area contributed by atoms with Crippen molar-refractivity contribution in [1.82, 2.24) is 5.32 Å². The Bertz CT molecular complexity index is 342. The van der Waals surface area contributed by atoms with E-state index in [0.717, 1.165) is 12.5 Å². The van der Waals surface area contributed by atoms with E-state index < -0.39 is 0 Å². The van der Waals surface area contributed by atoms with Crippen LogP contribution in [0.25, 0.3) is 0 Å². The highest BCUT2D eigenvalue weighted by atomic mass is 14.9. The van der Waals surface area contributed by atoms with E-state index in [0.29, 0.717) is 6.04 Å². The first kappa shape index (κ1) is 14.6. The number of benzene rings is 1. The lowest BCUT2D eigenvalue weighted by molar-refractivity contribution is 0.419. The molecule has 2 rings (SSSR count). The van der Waals surface area contributed by atoms with E-state index in [4.69, 9.17) is 0 Å². The van der Waals surface area contributed by atoms with Gasteiger partial charge >= 0.3 is 0 Å². The standard InChI is InChI=1S/C18H29N/c1-3-5-9-18(19-14-4-2)17-12-10-16(11-13-17)15-7-6-8-15/h10-13,15,18-19H,3-9,14H2,1-2H3. The largest absolute Gasteiger partial charge is 0.310 e. The van der Waals surface area contributed by atoms with E-state index in [1.54, 1.807) is 5.56 Å². The van der Waals surface area contributed by atoms with Crippen LogP contribution < -0.4 is 5.32 Å². The van der Waals surface area contributed by atoms with Crippen molar-refractivity contribution in [3.63, 3.8) is 0 Å². The number of hydrogen-bond donors (Lipinski definition) is 1. The summed E-state index contributed by atoms with van der Waals surface area (Å²) >= 11 is 0. The van der Waals surface area contributed by atoms with Crippen molar-refractivity contribution in [3.05, 3.63) is 35.4 Å². The molecule has 1 heteroatoms. The molecule has 1 unspecified atom stereocenters. The van der Waals surface area contributed by atoms with Crippen molar-refractivity contribution in [1.29, 1.82) is 0 Å². The minimum Gasteiger partial charge on any atom is -0.310 e. The van der Waals surface area contributed by atoms with E-state index in [2.05, 4.69) is 43.4 Å². The van der Waals surface area contributed by atoms with Gasteiger partial charge in [-0.05, 0) is 49.3 Å². The number of hydrogen-bond acceptors (Lipinski definition) is 1. The Kier molecular flexibility index (Phi) is 5.91. The summed E-state index contributed by atoms with van der Waals surface area (Å²) in [7, 11) is 0. The predicted octanol–water partition coefficient (Wildman–Crippen LogP) is 5.19. The van der Waals surface area contributed by atoms with E-state index in [-0.39, 0.29) is 0 Å². The Morgan fingerprint density at radius 3 is 2.37 bits per heavy atom. The van der Waals surface area contributed by atoms with E-state index in [9.17, 15) is 0 Å². The van der Waals surface area contributed by atoms with Gasteiger partial charge in [0.2, 0.25) is 0 Å². The topological polar surface area (TPSA) is 12.0 Å². The highest BCUT2D eigenvalue weighted by Crippen LogP contribution is 2.36. The molecule has 1 aromatic carbocycles. The van der Waals surface area contributed by atoms with Gasteiger partial charge in [0.05, 0.1) is 0 Å². The molecule has 0 heterocycles. The van der Waals surface area contributed by atoms with Crippen LogP contribution in [0.4, 0.5) is 0 Å². The van der Waals surface area contributed by atoms with Crippen LogP contribution in [0.15, 0.2) is 24.3 Å². The van der Waals surface area contributed by atoms with E-state index in [1.807, 2.05) is 0 Å². The lowest BCUT2D eigenvalue weighted by Crippen LogP contribution is -2.22. The highest BCUT2D eigenvalue weighted by Gasteiger charge is 2.19. The molecule has 0 radical (unpaired) electrons. The molecule has 1 aromatic rings. The van der Waals surface area contributed by atoms with Crippen molar-refractivity contribution >= 4 is 0 Å².